The zero-order valence-electron chi connectivity index (χ0n) is 12.7. The highest BCUT2D eigenvalue weighted by Crippen LogP contribution is 2.19. The number of rotatable bonds is 4. The fourth-order valence-corrected chi connectivity index (χ4v) is 3.01. The monoisotopic (exact) mass is 301 g/mol. The van der Waals surface area contributed by atoms with E-state index in [1.54, 1.807) is 30.1 Å². The van der Waals surface area contributed by atoms with Crippen molar-refractivity contribution >= 4 is 5.91 Å². The Hall–Kier alpha value is -2.17. The van der Waals surface area contributed by atoms with Crippen molar-refractivity contribution in [3.05, 3.63) is 53.9 Å². The van der Waals surface area contributed by atoms with Crippen LogP contribution in [0, 0.1) is 11.7 Å². The van der Waals surface area contributed by atoms with Crippen LogP contribution in [-0.2, 0) is 24.2 Å². The molecule has 2 heterocycles. The SMILES string of the molecule is CN(CC1CCc2nccn2C1)C(=O)Cc1ccccc1F. The molecular formula is C17H20FN3O. The zero-order valence-corrected chi connectivity index (χ0v) is 12.7. The summed E-state index contributed by atoms with van der Waals surface area (Å²) in [6.07, 6.45) is 5.92. The second-order valence-electron chi connectivity index (χ2n) is 5.94. The molecule has 0 fully saturated rings. The second kappa shape index (κ2) is 6.30. The predicted molar refractivity (Wildman–Crippen MR) is 81.8 cm³/mol. The fourth-order valence-electron chi connectivity index (χ4n) is 3.01. The van der Waals surface area contributed by atoms with Gasteiger partial charge in [0.25, 0.3) is 0 Å². The summed E-state index contributed by atoms with van der Waals surface area (Å²) in [5, 5.41) is 0. The average Bonchev–Trinajstić information content (AvgIpc) is 2.97. The molecule has 1 aliphatic heterocycles. The smallest absolute Gasteiger partial charge is 0.226 e. The molecule has 0 N–H and O–H groups in total. The average molecular weight is 301 g/mol. The molecule has 0 radical (unpaired) electrons. The van der Waals surface area contributed by atoms with E-state index in [0.717, 1.165) is 25.2 Å². The number of fused-ring (bicyclic) bond motifs is 1. The van der Waals surface area contributed by atoms with Crippen molar-refractivity contribution in [1.29, 1.82) is 0 Å². The van der Waals surface area contributed by atoms with Crippen LogP contribution in [0.15, 0.2) is 36.7 Å². The number of benzene rings is 1. The Morgan fingerprint density at radius 2 is 2.27 bits per heavy atom. The lowest BCUT2D eigenvalue weighted by Crippen LogP contribution is -2.36. The van der Waals surface area contributed by atoms with Crippen molar-refractivity contribution in [3.8, 4) is 0 Å². The third kappa shape index (κ3) is 3.18. The molecule has 1 unspecified atom stereocenters. The van der Waals surface area contributed by atoms with Crippen molar-refractivity contribution in [2.45, 2.75) is 25.8 Å². The van der Waals surface area contributed by atoms with Crippen LogP contribution in [0.2, 0.25) is 0 Å². The minimum Gasteiger partial charge on any atom is -0.345 e. The fraction of sp³-hybridized carbons (Fsp3) is 0.412. The van der Waals surface area contributed by atoms with Crippen LogP contribution in [0.5, 0.6) is 0 Å². The first kappa shape index (κ1) is 14.8. The molecule has 4 nitrogen and oxygen atoms in total. The number of hydrogen-bond acceptors (Lipinski definition) is 2. The lowest BCUT2D eigenvalue weighted by Gasteiger charge is -2.28. The topological polar surface area (TPSA) is 38.1 Å². The molecule has 0 aliphatic carbocycles. The highest BCUT2D eigenvalue weighted by atomic mass is 19.1. The van der Waals surface area contributed by atoms with Gasteiger partial charge in [-0.1, -0.05) is 18.2 Å². The van der Waals surface area contributed by atoms with Crippen molar-refractivity contribution in [2.24, 2.45) is 5.92 Å². The van der Waals surface area contributed by atoms with Crippen molar-refractivity contribution in [3.63, 3.8) is 0 Å². The van der Waals surface area contributed by atoms with E-state index in [4.69, 9.17) is 0 Å². The first-order chi connectivity index (χ1) is 10.6. The Bertz CT molecular complexity index is 667. The molecule has 1 aromatic carbocycles. The summed E-state index contributed by atoms with van der Waals surface area (Å²) in [7, 11) is 1.80. The van der Waals surface area contributed by atoms with E-state index in [1.807, 2.05) is 12.4 Å². The number of amides is 1. The summed E-state index contributed by atoms with van der Waals surface area (Å²) in [5.74, 6) is 1.19. The van der Waals surface area contributed by atoms with Crippen molar-refractivity contribution in [2.75, 3.05) is 13.6 Å². The lowest BCUT2D eigenvalue weighted by atomic mass is 9.98. The van der Waals surface area contributed by atoms with Gasteiger partial charge in [-0.2, -0.15) is 0 Å². The van der Waals surface area contributed by atoms with E-state index in [9.17, 15) is 9.18 Å². The third-order valence-corrected chi connectivity index (χ3v) is 4.29. The van der Waals surface area contributed by atoms with Gasteiger partial charge in [-0.05, 0) is 24.0 Å². The number of carbonyl (C=O) groups is 1. The van der Waals surface area contributed by atoms with Gasteiger partial charge in [0, 0.05) is 39.0 Å². The predicted octanol–water partition coefficient (Wildman–Crippen LogP) is 2.29. The van der Waals surface area contributed by atoms with E-state index < -0.39 is 0 Å². The maximum absolute atomic E-state index is 13.6. The Balaban J connectivity index is 1.57. The van der Waals surface area contributed by atoms with E-state index in [-0.39, 0.29) is 18.1 Å². The van der Waals surface area contributed by atoms with Gasteiger partial charge in [-0.25, -0.2) is 9.37 Å². The largest absolute Gasteiger partial charge is 0.345 e. The molecule has 2 aromatic rings. The van der Waals surface area contributed by atoms with E-state index in [2.05, 4.69) is 9.55 Å². The summed E-state index contributed by atoms with van der Waals surface area (Å²) in [5.41, 5.74) is 0.458. The number of aryl methyl sites for hydroxylation is 1. The van der Waals surface area contributed by atoms with E-state index in [0.29, 0.717) is 18.0 Å². The van der Waals surface area contributed by atoms with Gasteiger partial charge in [0.1, 0.15) is 11.6 Å². The van der Waals surface area contributed by atoms with Gasteiger partial charge in [0.2, 0.25) is 5.91 Å². The molecular weight excluding hydrogens is 281 g/mol. The minimum absolute atomic E-state index is 0.0403. The van der Waals surface area contributed by atoms with Crippen LogP contribution >= 0.6 is 0 Å². The normalized spacial score (nSPS) is 17.1. The van der Waals surface area contributed by atoms with Crippen LogP contribution in [0.3, 0.4) is 0 Å². The quantitative estimate of drug-likeness (QED) is 0.869. The van der Waals surface area contributed by atoms with Crippen molar-refractivity contribution in [1.82, 2.24) is 14.5 Å². The molecule has 0 spiro atoms. The molecule has 0 bridgehead atoms. The summed E-state index contributed by atoms with van der Waals surface area (Å²) >= 11 is 0. The first-order valence-corrected chi connectivity index (χ1v) is 7.61. The molecule has 1 amide bonds. The van der Waals surface area contributed by atoms with Gasteiger partial charge >= 0.3 is 0 Å². The highest BCUT2D eigenvalue weighted by Gasteiger charge is 2.22. The van der Waals surface area contributed by atoms with Crippen LogP contribution in [0.25, 0.3) is 0 Å². The zero-order chi connectivity index (χ0) is 15.5. The molecule has 1 aliphatic rings. The second-order valence-corrected chi connectivity index (χ2v) is 5.94. The summed E-state index contributed by atoms with van der Waals surface area (Å²) in [6, 6.07) is 6.45. The first-order valence-electron chi connectivity index (χ1n) is 7.61. The molecule has 22 heavy (non-hydrogen) atoms. The van der Waals surface area contributed by atoms with Crippen LogP contribution in [0.1, 0.15) is 17.8 Å². The van der Waals surface area contributed by atoms with Crippen LogP contribution in [0.4, 0.5) is 4.39 Å². The Morgan fingerprint density at radius 3 is 3.09 bits per heavy atom. The molecule has 1 aromatic heterocycles. The van der Waals surface area contributed by atoms with Gasteiger partial charge < -0.3 is 9.47 Å². The number of likely N-dealkylation sites (N-methyl/N-ethyl adjacent to an activating group) is 1. The maximum atomic E-state index is 13.6. The molecule has 5 heteroatoms. The number of hydrogen-bond donors (Lipinski definition) is 0. The summed E-state index contributed by atoms with van der Waals surface area (Å²) < 4.78 is 15.8. The standard InChI is InChI=1S/C17H20FN3O/c1-20(17(22)10-14-4-2-3-5-15(14)18)11-13-6-7-16-19-8-9-21(16)12-13/h2-5,8-9,13H,6-7,10-12H2,1H3. The third-order valence-electron chi connectivity index (χ3n) is 4.29. The number of nitrogens with zero attached hydrogens (tertiary/aromatic N) is 3. The van der Waals surface area contributed by atoms with Crippen LogP contribution in [-0.4, -0.2) is 34.0 Å². The molecule has 0 saturated carbocycles. The Labute approximate surface area is 129 Å². The maximum Gasteiger partial charge on any atom is 0.226 e. The number of imidazole rings is 1. The van der Waals surface area contributed by atoms with E-state index in [1.165, 1.54) is 6.07 Å². The molecule has 1 atom stereocenters. The lowest BCUT2D eigenvalue weighted by molar-refractivity contribution is -0.129. The minimum atomic E-state index is -0.315. The molecule has 0 saturated heterocycles. The van der Waals surface area contributed by atoms with Gasteiger partial charge in [0.05, 0.1) is 6.42 Å². The summed E-state index contributed by atoms with van der Waals surface area (Å²) in [4.78, 5) is 18.3. The van der Waals surface area contributed by atoms with Gasteiger partial charge in [-0.15, -0.1) is 0 Å². The van der Waals surface area contributed by atoms with Gasteiger partial charge in [-0.3, -0.25) is 4.79 Å². The summed E-state index contributed by atoms with van der Waals surface area (Å²) in [6.45, 7) is 1.59. The molecule has 116 valence electrons. The highest BCUT2D eigenvalue weighted by molar-refractivity contribution is 5.78. The molecule has 3 rings (SSSR count). The van der Waals surface area contributed by atoms with Crippen molar-refractivity contribution < 1.29 is 9.18 Å². The van der Waals surface area contributed by atoms with E-state index >= 15 is 0 Å². The number of aromatic nitrogens is 2. The number of halogens is 1. The van der Waals surface area contributed by atoms with Gasteiger partial charge in [0.15, 0.2) is 0 Å². The Kier molecular flexibility index (Phi) is 4.22. The Morgan fingerprint density at radius 1 is 1.45 bits per heavy atom. The number of carbonyl (C=O) groups excluding carboxylic acids is 1. The van der Waals surface area contributed by atoms with Crippen LogP contribution < -0.4 is 0 Å².